The van der Waals surface area contributed by atoms with Gasteiger partial charge in [-0.3, -0.25) is 14.6 Å². The lowest BCUT2D eigenvalue weighted by molar-refractivity contribution is -0.140. The SMILES string of the molecule is O=C1C(=O)N(Cc2cccnc2)[C@H](c2ccc(Cl)cc2)C1=C(O)c1ccc(F)cc1. The van der Waals surface area contributed by atoms with E-state index in [0.29, 0.717) is 10.6 Å². The Labute approximate surface area is 177 Å². The fourth-order valence-electron chi connectivity index (χ4n) is 3.49. The first-order valence-electron chi connectivity index (χ1n) is 9.14. The molecule has 30 heavy (non-hydrogen) atoms. The summed E-state index contributed by atoms with van der Waals surface area (Å²) in [6, 6.07) is 14.5. The zero-order chi connectivity index (χ0) is 21.3. The molecular weight excluding hydrogens is 407 g/mol. The van der Waals surface area contributed by atoms with Crippen molar-refractivity contribution in [1.82, 2.24) is 9.88 Å². The van der Waals surface area contributed by atoms with Crippen molar-refractivity contribution >= 4 is 29.1 Å². The number of rotatable bonds is 4. The second-order valence-electron chi connectivity index (χ2n) is 6.85. The van der Waals surface area contributed by atoms with Crippen molar-refractivity contribution in [2.75, 3.05) is 0 Å². The van der Waals surface area contributed by atoms with Gasteiger partial charge in [0, 0.05) is 29.5 Å². The van der Waals surface area contributed by atoms with Crippen LogP contribution in [0.3, 0.4) is 0 Å². The Morgan fingerprint density at radius 3 is 2.40 bits per heavy atom. The number of pyridine rings is 1. The third-order valence-corrected chi connectivity index (χ3v) is 5.17. The zero-order valence-corrected chi connectivity index (χ0v) is 16.4. The van der Waals surface area contributed by atoms with Crippen LogP contribution in [0.25, 0.3) is 5.76 Å². The van der Waals surface area contributed by atoms with E-state index in [4.69, 9.17) is 11.6 Å². The molecule has 1 N–H and O–H groups in total. The molecule has 1 fully saturated rings. The van der Waals surface area contributed by atoms with Gasteiger partial charge in [0.2, 0.25) is 0 Å². The van der Waals surface area contributed by atoms with Gasteiger partial charge in [-0.15, -0.1) is 0 Å². The van der Waals surface area contributed by atoms with Crippen molar-refractivity contribution in [3.05, 3.63) is 106 Å². The molecule has 1 aromatic heterocycles. The number of carbonyl (C=O) groups excluding carboxylic acids is 2. The predicted octanol–water partition coefficient (Wildman–Crippen LogP) is 4.50. The van der Waals surface area contributed by atoms with Crippen molar-refractivity contribution in [2.24, 2.45) is 0 Å². The lowest BCUT2D eigenvalue weighted by Crippen LogP contribution is -2.29. The third kappa shape index (κ3) is 3.69. The Morgan fingerprint density at radius 2 is 1.77 bits per heavy atom. The molecule has 3 aromatic rings. The van der Waals surface area contributed by atoms with E-state index in [1.54, 1.807) is 48.8 Å². The maximum absolute atomic E-state index is 13.3. The van der Waals surface area contributed by atoms with Crippen molar-refractivity contribution < 1.29 is 19.1 Å². The molecule has 4 rings (SSSR count). The van der Waals surface area contributed by atoms with E-state index >= 15 is 0 Å². The van der Waals surface area contributed by atoms with Gasteiger partial charge in [-0.1, -0.05) is 29.8 Å². The number of aliphatic hydroxyl groups is 1. The Kier molecular flexibility index (Phi) is 5.33. The topological polar surface area (TPSA) is 70.5 Å². The molecule has 1 amide bonds. The highest BCUT2D eigenvalue weighted by Gasteiger charge is 2.46. The Morgan fingerprint density at radius 1 is 1.07 bits per heavy atom. The van der Waals surface area contributed by atoms with Crippen LogP contribution >= 0.6 is 11.6 Å². The molecule has 0 aliphatic carbocycles. The molecule has 5 nitrogen and oxygen atoms in total. The fourth-order valence-corrected chi connectivity index (χ4v) is 3.61. The standard InChI is InChI=1S/C23H16ClFN2O3/c24-17-7-3-15(4-8-17)20-19(21(28)16-5-9-18(25)10-6-16)22(29)23(30)27(20)13-14-2-1-11-26-12-14/h1-12,20,28H,13H2/t20-/m1/s1. The molecule has 2 aromatic carbocycles. The van der Waals surface area contributed by atoms with Crippen LogP contribution in [0.15, 0.2) is 78.6 Å². The summed E-state index contributed by atoms with van der Waals surface area (Å²) >= 11 is 6.00. The molecule has 7 heteroatoms. The van der Waals surface area contributed by atoms with Gasteiger partial charge < -0.3 is 10.0 Å². The number of ketones is 1. The van der Waals surface area contributed by atoms with Crippen LogP contribution in [0, 0.1) is 5.82 Å². The van der Waals surface area contributed by atoms with E-state index < -0.39 is 23.5 Å². The molecule has 1 aliphatic rings. The van der Waals surface area contributed by atoms with Crippen LogP contribution in [0.4, 0.5) is 4.39 Å². The molecule has 0 saturated carbocycles. The largest absolute Gasteiger partial charge is 0.507 e. The minimum Gasteiger partial charge on any atom is -0.507 e. The van der Waals surface area contributed by atoms with E-state index in [0.717, 1.165) is 5.56 Å². The molecule has 1 saturated heterocycles. The summed E-state index contributed by atoms with van der Waals surface area (Å²) in [6.45, 7) is 0.131. The molecule has 0 bridgehead atoms. The summed E-state index contributed by atoms with van der Waals surface area (Å²) in [5.74, 6) is -2.37. The molecular formula is C23H16ClFN2O3. The van der Waals surface area contributed by atoms with Gasteiger partial charge >= 0.3 is 0 Å². The number of likely N-dealkylation sites (tertiary alicyclic amines) is 1. The summed E-state index contributed by atoms with van der Waals surface area (Å²) in [5, 5.41) is 11.4. The number of aliphatic hydroxyl groups excluding tert-OH is 1. The van der Waals surface area contributed by atoms with E-state index in [-0.39, 0.29) is 23.4 Å². The second-order valence-corrected chi connectivity index (χ2v) is 7.28. The summed E-state index contributed by atoms with van der Waals surface area (Å²) in [6.07, 6.45) is 3.22. The number of carbonyl (C=O) groups is 2. The van der Waals surface area contributed by atoms with Crippen molar-refractivity contribution in [3.63, 3.8) is 0 Å². The summed E-state index contributed by atoms with van der Waals surface area (Å²) < 4.78 is 13.3. The Bertz CT molecular complexity index is 1130. The summed E-state index contributed by atoms with van der Waals surface area (Å²) in [7, 11) is 0. The van der Waals surface area contributed by atoms with Gasteiger partial charge in [-0.25, -0.2) is 4.39 Å². The second kappa shape index (κ2) is 8.08. The minimum atomic E-state index is -0.826. The number of halogens is 2. The molecule has 1 aliphatic heterocycles. The fraction of sp³-hybridized carbons (Fsp3) is 0.0870. The van der Waals surface area contributed by atoms with Crippen LogP contribution in [-0.4, -0.2) is 26.7 Å². The maximum Gasteiger partial charge on any atom is 0.295 e. The van der Waals surface area contributed by atoms with Gasteiger partial charge in [0.05, 0.1) is 11.6 Å². The van der Waals surface area contributed by atoms with Crippen molar-refractivity contribution in [3.8, 4) is 0 Å². The van der Waals surface area contributed by atoms with Gasteiger partial charge in [-0.2, -0.15) is 0 Å². The lowest BCUT2D eigenvalue weighted by Gasteiger charge is -2.25. The Hall–Kier alpha value is -3.51. The normalized spacial score (nSPS) is 18.1. The van der Waals surface area contributed by atoms with E-state index in [9.17, 15) is 19.1 Å². The quantitative estimate of drug-likeness (QED) is 0.382. The average Bonchev–Trinajstić information content (AvgIpc) is 3.00. The maximum atomic E-state index is 13.3. The first-order valence-corrected chi connectivity index (χ1v) is 9.52. The van der Waals surface area contributed by atoms with Gasteiger partial charge in [-0.05, 0) is 53.6 Å². The molecule has 0 unspecified atom stereocenters. The van der Waals surface area contributed by atoms with Gasteiger partial charge in [0.25, 0.3) is 11.7 Å². The lowest BCUT2D eigenvalue weighted by atomic mass is 9.95. The minimum absolute atomic E-state index is 0.0576. The number of hydrogen-bond donors (Lipinski definition) is 1. The van der Waals surface area contributed by atoms with E-state index in [2.05, 4.69) is 4.98 Å². The summed E-state index contributed by atoms with van der Waals surface area (Å²) in [4.78, 5) is 31.2. The molecule has 0 radical (unpaired) electrons. The summed E-state index contributed by atoms with van der Waals surface area (Å²) in [5.41, 5.74) is 1.54. The average molecular weight is 423 g/mol. The first kappa shape index (κ1) is 19.8. The van der Waals surface area contributed by atoms with Gasteiger partial charge in [0.1, 0.15) is 11.6 Å². The van der Waals surface area contributed by atoms with Crippen LogP contribution in [0.5, 0.6) is 0 Å². The van der Waals surface area contributed by atoms with Crippen LogP contribution < -0.4 is 0 Å². The highest BCUT2D eigenvalue weighted by Crippen LogP contribution is 2.40. The number of aromatic nitrogens is 1. The van der Waals surface area contributed by atoms with E-state index in [1.807, 2.05) is 0 Å². The molecule has 1 atom stereocenters. The Balaban J connectivity index is 1.85. The monoisotopic (exact) mass is 422 g/mol. The van der Waals surface area contributed by atoms with Crippen molar-refractivity contribution in [1.29, 1.82) is 0 Å². The predicted molar refractivity (Wildman–Crippen MR) is 110 cm³/mol. The third-order valence-electron chi connectivity index (χ3n) is 4.92. The van der Waals surface area contributed by atoms with Crippen LogP contribution in [-0.2, 0) is 16.1 Å². The van der Waals surface area contributed by atoms with E-state index in [1.165, 1.54) is 29.2 Å². The zero-order valence-electron chi connectivity index (χ0n) is 15.6. The van der Waals surface area contributed by atoms with Crippen molar-refractivity contribution in [2.45, 2.75) is 12.6 Å². The highest BCUT2D eigenvalue weighted by molar-refractivity contribution is 6.46. The van der Waals surface area contributed by atoms with Crippen LogP contribution in [0.1, 0.15) is 22.7 Å². The number of benzene rings is 2. The molecule has 2 heterocycles. The smallest absolute Gasteiger partial charge is 0.295 e. The van der Waals surface area contributed by atoms with Crippen LogP contribution in [0.2, 0.25) is 5.02 Å². The molecule has 150 valence electrons. The number of amides is 1. The molecule has 0 spiro atoms. The number of hydrogen-bond acceptors (Lipinski definition) is 4. The number of Topliss-reactive ketones (excluding diaryl/α,β-unsaturated/α-hetero) is 1. The highest BCUT2D eigenvalue weighted by atomic mass is 35.5. The first-order chi connectivity index (χ1) is 14.5. The van der Waals surface area contributed by atoms with Gasteiger partial charge in [0.15, 0.2) is 0 Å². The number of nitrogens with zero attached hydrogens (tertiary/aromatic N) is 2.